The number of aryl methyl sites for hydroxylation is 1. The van der Waals surface area contributed by atoms with Crippen LogP contribution >= 0.6 is 0 Å². The van der Waals surface area contributed by atoms with Gasteiger partial charge >= 0.3 is 12.3 Å². The molecule has 1 rings (SSSR count). The van der Waals surface area contributed by atoms with Gasteiger partial charge in [-0.15, -0.1) is 13.2 Å². The highest BCUT2D eigenvalue weighted by molar-refractivity contribution is 5.95. The van der Waals surface area contributed by atoms with Crippen LogP contribution in [0.15, 0.2) is 6.20 Å². The third-order valence-electron chi connectivity index (χ3n) is 1.98. The third kappa shape index (κ3) is 3.02. The smallest absolute Gasteiger partial charge is 0.480 e. The van der Waals surface area contributed by atoms with Gasteiger partial charge in [-0.1, -0.05) is 0 Å². The average molecular weight is 265 g/mol. The number of halogens is 3. The minimum Gasteiger partial charge on any atom is -0.480 e. The summed E-state index contributed by atoms with van der Waals surface area (Å²) < 4.78 is 49.7. The number of rotatable bonds is 3. The van der Waals surface area contributed by atoms with E-state index in [4.69, 9.17) is 4.74 Å². The fourth-order valence-electron chi connectivity index (χ4n) is 1.26. The monoisotopic (exact) mass is 265 g/mol. The molecule has 0 N–H and O–H groups in total. The molecule has 0 amide bonds. The molecule has 1 aromatic heterocycles. The Morgan fingerprint density at radius 2 is 1.94 bits per heavy atom. The Hall–Kier alpha value is -1.99. The Balaban J connectivity index is 3.41. The van der Waals surface area contributed by atoms with Gasteiger partial charge in [-0.2, -0.15) is 0 Å². The van der Waals surface area contributed by atoms with Gasteiger partial charge in [-0.3, -0.25) is 0 Å². The summed E-state index contributed by atoms with van der Waals surface area (Å²) >= 11 is 0. The molecule has 0 saturated carbocycles. The van der Waals surface area contributed by atoms with Crippen molar-refractivity contribution in [2.45, 2.75) is 13.3 Å². The zero-order chi connectivity index (χ0) is 13.9. The van der Waals surface area contributed by atoms with Crippen molar-refractivity contribution in [3.05, 3.63) is 17.3 Å². The minimum atomic E-state index is -4.93. The van der Waals surface area contributed by atoms with Gasteiger partial charge in [0.05, 0.1) is 14.2 Å². The number of alkyl halides is 3. The Labute approximate surface area is 100 Å². The summed E-state index contributed by atoms with van der Waals surface area (Å²) in [6.45, 7) is 1.32. The molecule has 0 unspecified atom stereocenters. The molecule has 0 atom stereocenters. The molecule has 0 aliphatic rings. The first-order valence-corrected chi connectivity index (χ1v) is 4.67. The van der Waals surface area contributed by atoms with E-state index in [1.165, 1.54) is 14.0 Å². The lowest BCUT2D eigenvalue weighted by Gasteiger charge is -2.15. The molecule has 0 aliphatic carbocycles. The maximum atomic E-state index is 12.3. The van der Waals surface area contributed by atoms with Crippen LogP contribution in [-0.2, 0) is 4.74 Å². The normalized spacial score (nSPS) is 11.0. The summed E-state index contributed by atoms with van der Waals surface area (Å²) in [5, 5.41) is 0. The number of nitrogens with zero attached hydrogens (tertiary/aromatic N) is 1. The number of hydrogen-bond donors (Lipinski definition) is 0. The Morgan fingerprint density at radius 3 is 2.39 bits per heavy atom. The zero-order valence-corrected chi connectivity index (χ0v) is 9.79. The zero-order valence-electron chi connectivity index (χ0n) is 9.79. The average Bonchev–Trinajstić information content (AvgIpc) is 2.29. The van der Waals surface area contributed by atoms with Crippen molar-refractivity contribution in [3.63, 3.8) is 0 Å². The molecule has 0 spiro atoms. The van der Waals surface area contributed by atoms with Crippen molar-refractivity contribution < 1.29 is 32.2 Å². The first-order valence-electron chi connectivity index (χ1n) is 4.67. The molecule has 1 aromatic rings. The molecule has 8 heteroatoms. The molecular weight excluding hydrogens is 255 g/mol. The second kappa shape index (κ2) is 5.11. The molecule has 0 aliphatic heterocycles. The van der Waals surface area contributed by atoms with Crippen LogP contribution in [0.3, 0.4) is 0 Å². The largest absolute Gasteiger partial charge is 0.573 e. The number of hydrogen-bond acceptors (Lipinski definition) is 5. The summed E-state index contributed by atoms with van der Waals surface area (Å²) in [5.74, 6) is -2.00. The second-order valence-corrected chi connectivity index (χ2v) is 3.19. The van der Waals surface area contributed by atoms with E-state index in [1.54, 1.807) is 0 Å². The predicted molar refractivity (Wildman–Crippen MR) is 53.5 cm³/mol. The van der Waals surface area contributed by atoms with Gasteiger partial charge in [0, 0.05) is 11.8 Å². The molecule has 0 fully saturated rings. The lowest BCUT2D eigenvalue weighted by Crippen LogP contribution is -2.21. The highest BCUT2D eigenvalue weighted by atomic mass is 19.4. The summed E-state index contributed by atoms with van der Waals surface area (Å²) in [6, 6.07) is 0. The number of methoxy groups -OCH3 is 2. The number of ether oxygens (including phenoxy) is 3. The Kier molecular flexibility index (Phi) is 4.00. The van der Waals surface area contributed by atoms with Gasteiger partial charge in [0.2, 0.25) is 5.88 Å². The Morgan fingerprint density at radius 1 is 1.33 bits per heavy atom. The van der Waals surface area contributed by atoms with Crippen molar-refractivity contribution >= 4 is 5.97 Å². The van der Waals surface area contributed by atoms with Gasteiger partial charge in [0.25, 0.3) is 0 Å². The first kappa shape index (κ1) is 14.1. The lowest BCUT2D eigenvalue weighted by atomic mass is 10.2. The van der Waals surface area contributed by atoms with Crippen LogP contribution in [0.4, 0.5) is 13.2 Å². The van der Waals surface area contributed by atoms with E-state index in [0.29, 0.717) is 0 Å². The van der Waals surface area contributed by atoms with Crippen LogP contribution in [0, 0.1) is 6.92 Å². The molecule has 0 saturated heterocycles. The van der Waals surface area contributed by atoms with E-state index >= 15 is 0 Å². The van der Waals surface area contributed by atoms with Crippen molar-refractivity contribution in [1.29, 1.82) is 0 Å². The number of esters is 1. The SMILES string of the molecule is COC(=O)c1c(OC)ncc(C)c1OC(F)(F)F. The van der Waals surface area contributed by atoms with Gasteiger partial charge in [-0.05, 0) is 6.92 Å². The maximum absolute atomic E-state index is 12.3. The molecular formula is C10H10F3NO4. The van der Waals surface area contributed by atoms with E-state index in [0.717, 1.165) is 13.3 Å². The molecule has 5 nitrogen and oxygen atoms in total. The third-order valence-corrected chi connectivity index (χ3v) is 1.98. The van der Waals surface area contributed by atoms with Crippen LogP contribution in [0.2, 0.25) is 0 Å². The van der Waals surface area contributed by atoms with Gasteiger partial charge in [0.1, 0.15) is 0 Å². The van der Waals surface area contributed by atoms with Crippen molar-refractivity contribution in [2.75, 3.05) is 14.2 Å². The van der Waals surface area contributed by atoms with E-state index in [-0.39, 0.29) is 11.4 Å². The molecule has 0 radical (unpaired) electrons. The standard InChI is InChI=1S/C10H10F3NO4/c1-5-4-14-8(16-2)6(9(15)17-3)7(5)18-10(11,12)13/h4H,1-3H3. The minimum absolute atomic E-state index is 0.0357. The maximum Gasteiger partial charge on any atom is 0.573 e. The topological polar surface area (TPSA) is 57.7 Å². The highest BCUT2D eigenvalue weighted by Crippen LogP contribution is 2.34. The van der Waals surface area contributed by atoms with Gasteiger partial charge in [-0.25, -0.2) is 9.78 Å². The van der Waals surface area contributed by atoms with Gasteiger partial charge < -0.3 is 14.2 Å². The van der Waals surface area contributed by atoms with Crippen LogP contribution in [-0.4, -0.2) is 31.5 Å². The molecule has 18 heavy (non-hydrogen) atoms. The van der Waals surface area contributed by atoms with E-state index in [9.17, 15) is 18.0 Å². The molecule has 1 heterocycles. The second-order valence-electron chi connectivity index (χ2n) is 3.19. The van der Waals surface area contributed by atoms with Crippen molar-refractivity contribution in [1.82, 2.24) is 4.98 Å². The summed E-state index contributed by atoms with van der Waals surface area (Å²) in [4.78, 5) is 15.1. The number of carbonyl (C=O) groups is 1. The highest BCUT2D eigenvalue weighted by Gasteiger charge is 2.35. The quantitative estimate of drug-likeness (QED) is 0.783. The van der Waals surface area contributed by atoms with Crippen LogP contribution in [0.5, 0.6) is 11.6 Å². The van der Waals surface area contributed by atoms with E-state index < -0.39 is 23.6 Å². The van der Waals surface area contributed by atoms with Crippen LogP contribution < -0.4 is 9.47 Å². The first-order chi connectivity index (χ1) is 8.30. The number of aromatic nitrogens is 1. The number of carbonyl (C=O) groups excluding carboxylic acids is 1. The molecule has 100 valence electrons. The van der Waals surface area contributed by atoms with Crippen LogP contribution in [0.25, 0.3) is 0 Å². The molecule has 0 aromatic carbocycles. The summed E-state index contributed by atoms with van der Waals surface area (Å²) in [7, 11) is 2.20. The summed E-state index contributed by atoms with van der Waals surface area (Å²) in [6.07, 6.45) is -3.83. The summed E-state index contributed by atoms with van der Waals surface area (Å²) in [5.41, 5.74) is -0.467. The van der Waals surface area contributed by atoms with E-state index in [2.05, 4.69) is 14.5 Å². The molecule has 0 bridgehead atoms. The fourth-order valence-corrected chi connectivity index (χ4v) is 1.26. The lowest BCUT2D eigenvalue weighted by molar-refractivity contribution is -0.275. The van der Waals surface area contributed by atoms with E-state index in [1.807, 2.05) is 0 Å². The van der Waals surface area contributed by atoms with Crippen molar-refractivity contribution in [3.8, 4) is 11.6 Å². The predicted octanol–water partition coefficient (Wildman–Crippen LogP) is 2.08. The van der Waals surface area contributed by atoms with Crippen LogP contribution in [0.1, 0.15) is 15.9 Å². The van der Waals surface area contributed by atoms with Gasteiger partial charge in [0.15, 0.2) is 11.3 Å². The fraction of sp³-hybridized carbons (Fsp3) is 0.400. The number of pyridine rings is 1. The van der Waals surface area contributed by atoms with Crippen molar-refractivity contribution in [2.24, 2.45) is 0 Å². The Bertz CT molecular complexity index is 459.